The summed E-state index contributed by atoms with van der Waals surface area (Å²) >= 11 is 0. The lowest BCUT2D eigenvalue weighted by atomic mass is 9.59. The fraction of sp³-hybridized carbons (Fsp3) is 0.618. The van der Waals surface area contributed by atoms with Gasteiger partial charge < -0.3 is 29.2 Å². The minimum Gasteiger partial charge on any atom is -0.508 e. The van der Waals surface area contributed by atoms with Crippen LogP contribution < -0.4 is 14.2 Å². The number of fused-ring (bicyclic) bond motifs is 5. The molecule has 222 valence electrons. The average molecular weight is 565 g/mol. The summed E-state index contributed by atoms with van der Waals surface area (Å²) in [4.78, 5) is 13.9. The first-order valence-corrected chi connectivity index (χ1v) is 15.0. The second-order valence-corrected chi connectivity index (χ2v) is 14.3. The molecular formula is C34H44O7. The Morgan fingerprint density at radius 3 is 2.49 bits per heavy atom. The number of methoxy groups -OCH3 is 1. The highest BCUT2D eigenvalue weighted by molar-refractivity contribution is 5.80. The van der Waals surface area contributed by atoms with Gasteiger partial charge in [-0.3, -0.25) is 4.79 Å². The minimum atomic E-state index is -0.972. The Kier molecular flexibility index (Phi) is 6.21. The van der Waals surface area contributed by atoms with Crippen molar-refractivity contribution >= 4 is 5.78 Å². The van der Waals surface area contributed by atoms with E-state index in [0.29, 0.717) is 30.6 Å². The van der Waals surface area contributed by atoms with Gasteiger partial charge in [0.1, 0.15) is 40.1 Å². The molecule has 2 aromatic rings. The standard InChI is InChI=1S/C34H44O7/c1-20-13-24(38-7)14-21-9-12-32(5,40-29(20)21)18-23(36)17-31(4)10-8-11-33(31,6)34-19-25(30(2,3)41-34)28-26(37)15-22(35)16-27(28)39-34/h13-16,25,35,37H,8-12,17-19H2,1-7H3. The van der Waals surface area contributed by atoms with E-state index >= 15 is 0 Å². The van der Waals surface area contributed by atoms with E-state index in [1.165, 1.54) is 6.07 Å². The van der Waals surface area contributed by atoms with Crippen LogP contribution in [0.25, 0.3) is 0 Å². The van der Waals surface area contributed by atoms with Gasteiger partial charge in [0.15, 0.2) is 0 Å². The topological polar surface area (TPSA) is 94.5 Å². The maximum absolute atomic E-state index is 13.9. The number of carbonyl (C=O) groups is 1. The molecular weight excluding hydrogens is 520 g/mol. The van der Waals surface area contributed by atoms with E-state index in [9.17, 15) is 15.0 Å². The van der Waals surface area contributed by atoms with Crippen molar-refractivity contribution in [2.24, 2.45) is 10.8 Å². The molecule has 41 heavy (non-hydrogen) atoms. The number of phenolic OH excluding ortho intramolecular Hbond substituents is 2. The normalized spacial score (nSPS) is 34.8. The lowest BCUT2D eigenvalue weighted by Gasteiger charge is -2.53. The third kappa shape index (κ3) is 4.21. The number of hydrogen-bond acceptors (Lipinski definition) is 7. The van der Waals surface area contributed by atoms with Crippen LogP contribution in [-0.2, 0) is 16.0 Å². The number of carbonyl (C=O) groups excluding carboxylic acids is 1. The highest BCUT2D eigenvalue weighted by atomic mass is 16.7. The third-order valence-electron chi connectivity index (χ3n) is 11.0. The van der Waals surface area contributed by atoms with Crippen molar-refractivity contribution in [3.05, 3.63) is 41.0 Å². The van der Waals surface area contributed by atoms with Gasteiger partial charge in [-0.05, 0) is 82.1 Å². The Balaban J connectivity index is 1.26. The lowest BCUT2D eigenvalue weighted by Crippen LogP contribution is -2.58. The van der Waals surface area contributed by atoms with Gasteiger partial charge in [-0.1, -0.05) is 20.3 Å². The van der Waals surface area contributed by atoms with E-state index in [1.54, 1.807) is 13.2 Å². The number of Topliss-reactive ketones (excluding diaryl/α,β-unsaturated/α-hetero) is 1. The summed E-state index contributed by atoms with van der Waals surface area (Å²) < 4.78 is 25.6. The van der Waals surface area contributed by atoms with Crippen LogP contribution in [0.4, 0.5) is 0 Å². The highest BCUT2D eigenvalue weighted by Gasteiger charge is 2.71. The Hall–Kier alpha value is -2.93. The Labute approximate surface area is 243 Å². The molecule has 6 rings (SSSR count). The van der Waals surface area contributed by atoms with Crippen LogP contribution in [0, 0.1) is 17.8 Å². The number of phenols is 2. The quantitative estimate of drug-likeness (QED) is 0.386. The monoisotopic (exact) mass is 564 g/mol. The van der Waals surface area contributed by atoms with Crippen LogP contribution in [0.1, 0.15) is 102 Å². The SMILES string of the molecule is COc1cc(C)c2c(c1)CCC(C)(CC(=O)CC1(C)CCCC1(C)C13CC(c4c(O)cc(O)cc4O1)C(C)(C)O3)O2. The number of ether oxygens (including phenoxy) is 4. The van der Waals surface area contributed by atoms with E-state index in [4.69, 9.17) is 18.9 Å². The molecule has 1 saturated heterocycles. The molecule has 1 saturated carbocycles. The summed E-state index contributed by atoms with van der Waals surface area (Å²) in [6.07, 6.45) is 5.68. The van der Waals surface area contributed by atoms with Crippen LogP contribution in [0.5, 0.6) is 28.7 Å². The molecule has 5 unspecified atom stereocenters. The van der Waals surface area contributed by atoms with E-state index in [2.05, 4.69) is 20.8 Å². The smallest absolute Gasteiger partial charge is 0.217 e. The predicted octanol–water partition coefficient (Wildman–Crippen LogP) is 7.12. The van der Waals surface area contributed by atoms with Gasteiger partial charge in [0, 0.05) is 48.3 Å². The molecule has 5 atom stereocenters. The van der Waals surface area contributed by atoms with Crippen molar-refractivity contribution in [1.29, 1.82) is 0 Å². The Morgan fingerprint density at radius 1 is 1.00 bits per heavy atom. The largest absolute Gasteiger partial charge is 0.508 e. The zero-order valence-corrected chi connectivity index (χ0v) is 25.5. The first-order chi connectivity index (χ1) is 19.1. The Morgan fingerprint density at radius 2 is 1.76 bits per heavy atom. The molecule has 3 heterocycles. The maximum atomic E-state index is 13.9. The predicted molar refractivity (Wildman–Crippen MR) is 155 cm³/mol. The fourth-order valence-electron chi connectivity index (χ4n) is 8.56. The summed E-state index contributed by atoms with van der Waals surface area (Å²) in [5.41, 5.74) is 0.855. The molecule has 2 N–H and O–H groups in total. The van der Waals surface area contributed by atoms with Gasteiger partial charge in [0.05, 0.1) is 12.7 Å². The molecule has 7 heteroatoms. The molecule has 7 nitrogen and oxygen atoms in total. The number of aromatic hydroxyl groups is 2. The zero-order chi connectivity index (χ0) is 29.6. The Bertz CT molecular complexity index is 1410. The van der Waals surface area contributed by atoms with Gasteiger partial charge in [-0.2, -0.15) is 0 Å². The maximum Gasteiger partial charge on any atom is 0.217 e. The van der Waals surface area contributed by atoms with Crippen molar-refractivity contribution in [2.45, 2.75) is 116 Å². The van der Waals surface area contributed by atoms with Crippen LogP contribution in [0.3, 0.4) is 0 Å². The molecule has 3 aliphatic heterocycles. The molecule has 0 amide bonds. The number of aryl methyl sites for hydroxylation is 2. The highest BCUT2D eigenvalue weighted by Crippen LogP contribution is 2.70. The van der Waals surface area contributed by atoms with Crippen LogP contribution in [0.15, 0.2) is 24.3 Å². The van der Waals surface area contributed by atoms with Crippen molar-refractivity contribution in [3.63, 3.8) is 0 Å². The number of hydrogen-bond donors (Lipinski definition) is 2. The van der Waals surface area contributed by atoms with Gasteiger partial charge >= 0.3 is 0 Å². The fourth-order valence-corrected chi connectivity index (χ4v) is 8.56. The van der Waals surface area contributed by atoms with Crippen LogP contribution >= 0.6 is 0 Å². The second-order valence-electron chi connectivity index (χ2n) is 14.3. The van der Waals surface area contributed by atoms with E-state index in [-0.39, 0.29) is 28.6 Å². The number of benzene rings is 2. The van der Waals surface area contributed by atoms with Crippen LogP contribution in [-0.4, -0.2) is 40.1 Å². The average Bonchev–Trinajstić information content (AvgIpc) is 3.28. The van der Waals surface area contributed by atoms with Crippen molar-refractivity contribution in [3.8, 4) is 28.7 Å². The summed E-state index contributed by atoms with van der Waals surface area (Å²) in [6.45, 7) is 12.6. The van der Waals surface area contributed by atoms with E-state index < -0.39 is 22.4 Å². The van der Waals surface area contributed by atoms with Crippen molar-refractivity contribution in [1.82, 2.24) is 0 Å². The third-order valence-corrected chi connectivity index (χ3v) is 11.0. The molecule has 4 aliphatic rings. The minimum absolute atomic E-state index is 0.0302. The molecule has 2 bridgehead atoms. The van der Waals surface area contributed by atoms with Crippen molar-refractivity contribution < 1.29 is 34.0 Å². The number of ketones is 1. The summed E-state index contributed by atoms with van der Waals surface area (Å²) in [5.74, 6) is 1.28. The molecule has 2 fully saturated rings. The van der Waals surface area contributed by atoms with Crippen LogP contribution in [0.2, 0.25) is 0 Å². The lowest BCUT2D eigenvalue weighted by molar-refractivity contribution is -0.279. The van der Waals surface area contributed by atoms with Gasteiger partial charge in [-0.25, -0.2) is 0 Å². The molecule has 2 aromatic carbocycles. The molecule has 0 aromatic heterocycles. The van der Waals surface area contributed by atoms with Gasteiger partial charge in [-0.15, -0.1) is 0 Å². The van der Waals surface area contributed by atoms with Gasteiger partial charge in [0.25, 0.3) is 0 Å². The second kappa shape index (κ2) is 9.03. The summed E-state index contributed by atoms with van der Waals surface area (Å²) in [6, 6.07) is 6.97. The van der Waals surface area contributed by atoms with E-state index in [0.717, 1.165) is 54.7 Å². The van der Waals surface area contributed by atoms with Gasteiger partial charge in [0.2, 0.25) is 5.79 Å². The zero-order valence-electron chi connectivity index (χ0n) is 25.5. The summed E-state index contributed by atoms with van der Waals surface area (Å²) in [7, 11) is 1.67. The number of rotatable bonds is 6. The first kappa shape index (κ1) is 28.2. The molecule has 1 aliphatic carbocycles. The molecule has 0 radical (unpaired) electrons. The first-order valence-electron chi connectivity index (χ1n) is 15.0. The summed E-state index contributed by atoms with van der Waals surface area (Å²) in [5, 5.41) is 21.0. The van der Waals surface area contributed by atoms with Crippen molar-refractivity contribution in [2.75, 3.05) is 7.11 Å². The molecule has 0 spiro atoms. The van der Waals surface area contributed by atoms with E-state index in [1.807, 2.05) is 32.9 Å².